The van der Waals surface area contributed by atoms with Crippen LogP contribution in [0.4, 0.5) is 8.78 Å². The van der Waals surface area contributed by atoms with Crippen LogP contribution in [0.25, 0.3) is 0 Å². The van der Waals surface area contributed by atoms with Crippen LogP contribution in [-0.2, 0) is 9.59 Å². The third-order valence-corrected chi connectivity index (χ3v) is 5.66. The summed E-state index contributed by atoms with van der Waals surface area (Å²) in [5, 5.41) is 17.9. The summed E-state index contributed by atoms with van der Waals surface area (Å²) in [6.07, 6.45) is 7.26. The van der Waals surface area contributed by atoms with Gasteiger partial charge in [0.25, 0.3) is 0 Å². The molecule has 0 amide bonds. The number of carbonyl (C=O) groups excluding carboxylic acids is 1. The Morgan fingerprint density at radius 3 is 2.56 bits per heavy atom. The predicted molar refractivity (Wildman–Crippen MR) is 101 cm³/mol. The van der Waals surface area contributed by atoms with Crippen molar-refractivity contribution in [3.63, 3.8) is 0 Å². The highest BCUT2D eigenvalue weighted by atomic mass is 19.3. The molecule has 6 heteroatoms. The summed E-state index contributed by atoms with van der Waals surface area (Å²) in [5.41, 5.74) is -1.34. The number of aliphatic hydroxyl groups is 1. The summed E-state index contributed by atoms with van der Waals surface area (Å²) in [7, 11) is 0. The molecular formula is C21H34F2O4. The van der Waals surface area contributed by atoms with Crippen LogP contribution in [0.1, 0.15) is 84.0 Å². The molecule has 1 aliphatic rings. The number of allylic oxidation sites excluding steroid dienone is 2. The maximum Gasteiger partial charge on any atom is 0.332 e. The van der Waals surface area contributed by atoms with Crippen molar-refractivity contribution in [3.05, 3.63) is 12.2 Å². The number of aliphatic hydroxyl groups excluding tert-OH is 1. The Kier molecular flexibility index (Phi) is 10.7. The van der Waals surface area contributed by atoms with Crippen molar-refractivity contribution >= 4 is 11.8 Å². The van der Waals surface area contributed by atoms with Crippen LogP contribution in [0.5, 0.6) is 0 Å². The lowest BCUT2D eigenvalue weighted by atomic mass is 9.75. The van der Waals surface area contributed by atoms with Crippen LogP contribution in [0.2, 0.25) is 0 Å². The number of halogens is 2. The smallest absolute Gasteiger partial charge is 0.332 e. The zero-order chi connectivity index (χ0) is 20.3. The van der Waals surface area contributed by atoms with E-state index < -0.39 is 29.8 Å². The van der Waals surface area contributed by atoms with Crippen molar-refractivity contribution in [2.24, 2.45) is 11.3 Å². The highest BCUT2D eigenvalue weighted by Crippen LogP contribution is 2.49. The topological polar surface area (TPSA) is 74.6 Å². The van der Waals surface area contributed by atoms with Gasteiger partial charge in [-0.2, -0.15) is 0 Å². The van der Waals surface area contributed by atoms with Gasteiger partial charge in [0.2, 0.25) is 6.43 Å². The summed E-state index contributed by atoms with van der Waals surface area (Å²) in [6.45, 7) is 2.12. The normalized spacial score (nSPS) is 24.2. The monoisotopic (exact) mass is 388 g/mol. The number of ketones is 1. The van der Waals surface area contributed by atoms with E-state index in [1.807, 2.05) is 6.08 Å². The van der Waals surface area contributed by atoms with Crippen molar-refractivity contribution in [2.75, 3.05) is 0 Å². The van der Waals surface area contributed by atoms with Gasteiger partial charge in [0.15, 0.2) is 6.10 Å². The Bertz CT molecular complexity index is 493. The molecule has 4 nitrogen and oxygen atoms in total. The molecule has 0 bridgehead atoms. The van der Waals surface area contributed by atoms with E-state index >= 15 is 0 Å². The number of carbonyl (C=O) groups is 2. The molecule has 1 saturated carbocycles. The van der Waals surface area contributed by atoms with Gasteiger partial charge in [-0.3, -0.25) is 4.79 Å². The molecule has 27 heavy (non-hydrogen) atoms. The Morgan fingerprint density at radius 2 is 1.93 bits per heavy atom. The van der Waals surface area contributed by atoms with E-state index in [1.54, 1.807) is 6.08 Å². The van der Waals surface area contributed by atoms with Gasteiger partial charge in [-0.15, -0.1) is 0 Å². The molecule has 1 fully saturated rings. The number of unbranched alkanes of at least 4 members (excludes halogenated alkanes) is 6. The first-order valence-corrected chi connectivity index (χ1v) is 10.2. The number of hydrogen-bond donors (Lipinski definition) is 2. The first kappa shape index (κ1) is 23.7. The van der Waals surface area contributed by atoms with Crippen LogP contribution in [0.3, 0.4) is 0 Å². The van der Waals surface area contributed by atoms with Gasteiger partial charge in [-0.25, -0.2) is 13.6 Å². The second kappa shape index (κ2) is 12.2. The molecule has 0 aromatic carbocycles. The molecule has 1 unspecified atom stereocenters. The van der Waals surface area contributed by atoms with Crippen LogP contribution in [0, 0.1) is 11.3 Å². The van der Waals surface area contributed by atoms with Crippen molar-refractivity contribution in [1.82, 2.24) is 0 Å². The van der Waals surface area contributed by atoms with E-state index in [0.717, 1.165) is 32.1 Å². The molecule has 0 heterocycles. The van der Waals surface area contributed by atoms with Crippen molar-refractivity contribution in [3.8, 4) is 0 Å². The van der Waals surface area contributed by atoms with E-state index in [2.05, 4.69) is 6.92 Å². The van der Waals surface area contributed by atoms with Gasteiger partial charge in [-0.1, -0.05) is 57.6 Å². The fourth-order valence-corrected chi connectivity index (χ4v) is 3.93. The van der Waals surface area contributed by atoms with Crippen LogP contribution >= 0.6 is 0 Å². The van der Waals surface area contributed by atoms with E-state index in [0.29, 0.717) is 25.7 Å². The fourth-order valence-electron chi connectivity index (χ4n) is 3.93. The number of aliphatic carboxylic acids is 1. The number of alkyl halides is 2. The fraction of sp³-hybridized carbons (Fsp3) is 0.810. The van der Waals surface area contributed by atoms with Crippen molar-refractivity contribution < 1.29 is 28.6 Å². The van der Waals surface area contributed by atoms with E-state index in [4.69, 9.17) is 5.11 Å². The molecule has 0 saturated heterocycles. The van der Waals surface area contributed by atoms with Gasteiger partial charge < -0.3 is 10.2 Å². The number of rotatable bonds is 14. The zero-order valence-corrected chi connectivity index (χ0v) is 16.3. The zero-order valence-electron chi connectivity index (χ0n) is 16.3. The van der Waals surface area contributed by atoms with E-state index in [9.17, 15) is 23.5 Å². The number of hydrogen-bond acceptors (Lipinski definition) is 3. The Morgan fingerprint density at radius 1 is 1.22 bits per heavy atom. The highest BCUT2D eigenvalue weighted by molar-refractivity contribution is 5.84. The molecule has 0 radical (unpaired) electrons. The first-order chi connectivity index (χ1) is 12.8. The summed E-state index contributed by atoms with van der Waals surface area (Å²) in [6, 6.07) is 0. The summed E-state index contributed by atoms with van der Waals surface area (Å²) >= 11 is 0. The maximum absolute atomic E-state index is 13.9. The van der Waals surface area contributed by atoms with Gasteiger partial charge in [0.1, 0.15) is 5.78 Å². The van der Waals surface area contributed by atoms with Gasteiger partial charge in [0.05, 0.1) is 5.41 Å². The molecule has 3 atom stereocenters. The molecule has 156 valence electrons. The maximum atomic E-state index is 13.9. The quantitative estimate of drug-likeness (QED) is 0.319. The molecule has 0 aromatic heterocycles. The van der Waals surface area contributed by atoms with Gasteiger partial charge >= 0.3 is 5.97 Å². The van der Waals surface area contributed by atoms with Crippen LogP contribution in [0.15, 0.2) is 12.2 Å². The number of Topliss-reactive ketones (excluding diaryl/α,β-unsaturated/α-hetero) is 1. The third kappa shape index (κ3) is 7.32. The second-order valence-corrected chi connectivity index (χ2v) is 7.68. The summed E-state index contributed by atoms with van der Waals surface area (Å²) < 4.78 is 27.8. The number of carboxylic acid groups (broad SMARTS) is 1. The average molecular weight is 388 g/mol. The predicted octanol–water partition coefficient (Wildman–Crippen LogP) is 5.14. The molecule has 0 aliphatic heterocycles. The molecule has 0 spiro atoms. The van der Waals surface area contributed by atoms with Crippen molar-refractivity contribution in [2.45, 2.75) is 96.5 Å². The van der Waals surface area contributed by atoms with Gasteiger partial charge in [0, 0.05) is 12.3 Å². The van der Waals surface area contributed by atoms with Crippen molar-refractivity contribution in [1.29, 1.82) is 0 Å². The Labute approximate surface area is 161 Å². The second-order valence-electron chi connectivity index (χ2n) is 7.68. The van der Waals surface area contributed by atoms with E-state index in [1.165, 1.54) is 0 Å². The Hall–Kier alpha value is -1.30. The number of carboxylic acids is 1. The highest BCUT2D eigenvalue weighted by Gasteiger charge is 2.51. The Balaban J connectivity index is 2.56. The molecule has 2 N–H and O–H groups in total. The summed E-state index contributed by atoms with van der Waals surface area (Å²) in [5.74, 6) is -1.99. The largest absolute Gasteiger partial charge is 0.479 e. The third-order valence-electron chi connectivity index (χ3n) is 5.66. The average Bonchev–Trinajstić information content (AvgIpc) is 2.94. The van der Waals surface area contributed by atoms with Crippen LogP contribution < -0.4 is 0 Å². The minimum Gasteiger partial charge on any atom is -0.479 e. The van der Waals surface area contributed by atoms with Gasteiger partial charge in [-0.05, 0) is 32.1 Å². The SMILES string of the molecule is CCCCCCC=C[C@@]1(C(F)F)CCC(=O)[C@@H]1CCCCCC(O)C(=O)O. The minimum atomic E-state index is -2.56. The standard InChI is InChI=1S/C21H34F2O4/c1-2-3-4-5-6-10-14-21(20(22)23)15-13-17(24)16(21)11-8-7-9-12-18(25)19(26)27/h10,14,16,18,20,25H,2-9,11-13,15H2,1H3,(H,26,27)/t16-,18?,21+/m0/s1. The lowest BCUT2D eigenvalue weighted by Gasteiger charge is -2.31. The first-order valence-electron chi connectivity index (χ1n) is 10.2. The molecular weight excluding hydrogens is 354 g/mol. The molecule has 0 aromatic rings. The lowest BCUT2D eigenvalue weighted by molar-refractivity contribution is -0.147. The minimum absolute atomic E-state index is 0.0866. The summed E-state index contributed by atoms with van der Waals surface area (Å²) in [4.78, 5) is 22.8. The van der Waals surface area contributed by atoms with Crippen LogP contribution in [-0.4, -0.2) is 34.5 Å². The van der Waals surface area contributed by atoms with E-state index in [-0.39, 0.29) is 25.0 Å². The molecule has 1 aliphatic carbocycles. The molecule has 1 rings (SSSR count). The lowest BCUT2D eigenvalue weighted by Crippen LogP contribution is -2.34.